The van der Waals surface area contributed by atoms with E-state index in [-0.39, 0.29) is 0 Å². The summed E-state index contributed by atoms with van der Waals surface area (Å²) in [6, 6.07) is 0. The molecule has 0 aromatic carbocycles. The Morgan fingerprint density at radius 3 is 2.35 bits per heavy atom. The highest BCUT2D eigenvalue weighted by Gasteiger charge is 2.11. The zero-order chi connectivity index (χ0) is 20.1. The quantitative estimate of drug-likeness (QED) is 0.288. The molecule has 0 radical (unpaired) electrons. The lowest BCUT2D eigenvalue weighted by atomic mass is 9.90. The Labute approximate surface area is 163 Å². The van der Waals surface area contributed by atoms with Gasteiger partial charge >= 0.3 is 0 Å². The first-order valence-electron chi connectivity index (χ1n) is 9.88. The van der Waals surface area contributed by atoms with Crippen molar-refractivity contribution in [2.24, 2.45) is 11.8 Å². The van der Waals surface area contributed by atoms with Crippen molar-refractivity contribution in [3.8, 4) is 12.3 Å². The number of terminal acetylenes is 1. The number of nitrogens with zero attached hydrogens (tertiary/aromatic N) is 1. The number of hydrogen-bond donors (Lipinski definition) is 0. The molecule has 0 aromatic heterocycles. The average molecular weight is 354 g/mol. The van der Waals surface area contributed by atoms with Crippen LogP contribution < -0.4 is 0 Å². The van der Waals surface area contributed by atoms with Gasteiger partial charge in [-0.15, -0.1) is 6.42 Å². The van der Waals surface area contributed by atoms with E-state index >= 15 is 0 Å². The van der Waals surface area contributed by atoms with E-state index in [2.05, 4.69) is 89.6 Å². The summed E-state index contributed by atoms with van der Waals surface area (Å²) in [7, 11) is 2.11. The van der Waals surface area contributed by atoms with Gasteiger partial charge in [-0.05, 0) is 62.2 Å². The third-order valence-corrected chi connectivity index (χ3v) is 4.84. The summed E-state index contributed by atoms with van der Waals surface area (Å²) < 4.78 is 0. The van der Waals surface area contributed by atoms with Gasteiger partial charge in [0.1, 0.15) is 0 Å². The van der Waals surface area contributed by atoms with Crippen LogP contribution in [-0.4, -0.2) is 18.5 Å². The lowest BCUT2D eigenvalue weighted by Crippen LogP contribution is -2.12. The van der Waals surface area contributed by atoms with Gasteiger partial charge in [0.25, 0.3) is 0 Å². The van der Waals surface area contributed by atoms with E-state index in [1.807, 2.05) is 6.92 Å². The fourth-order valence-corrected chi connectivity index (χ4v) is 2.53. The molecule has 0 aromatic rings. The molecule has 1 unspecified atom stereocenters. The summed E-state index contributed by atoms with van der Waals surface area (Å²) in [5, 5.41) is 0. The van der Waals surface area contributed by atoms with Crippen molar-refractivity contribution in [2.45, 2.75) is 60.8 Å². The monoisotopic (exact) mass is 353 g/mol. The maximum Gasteiger partial charge on any atom is 0.0141 e. The third-order valence-electron chi connectivity index (χ3n) is 4.84. The minimum Gasteiger partial charge on any atom is -0.380 e. The predicted octanol–water partition coefficient (Wildman–Crippen LogP) is 6.92. The molecule has 0 amide bonds. The van der Waals surface area contributed by atoms with Gasteiger partial charge in [-0.2, -0.15) is 0 Å². The Bertz CT molecular complexity index is 590. The Kier molecular flexibility index (Phi) is 12.3. The second-order valence-corrected chi connectivity index (χ2v) is 7.22. The molecule has 0 fully saturated rings. The summed E-state index contributed by atoms with van der Waals surface area (Å²) in [6.45, 7) is 18.2. The number of rotatable bonds is 11. The molecule has 144 valence electrons. The van der Waals surface area contributed by atoms with E-state index in [9.17, 15) is 0 Å². The van der Waals surface area contributed by atoms with Crippen LogP contribution in [0.15, 0.2) is 59.4 Å². The van der Waals surface area contributed by atoms with Crippen LogP contribution in [0.25, 0.3) is 0 Å². The van der Waals surface area contributed by atoms with Crippen molar-refractivity contribution in [1.82, 2.24) is 4.90 Å². The van der Waals surface area contributed by atoms with Gasteiger partial charge in [0.15, 0.2) is 0 Å². The lowest BCUT2D eigenvalue weighted by molar-refractivity contribution is 0.480. The third kappa shape index (κ3) is 8.95. The summed E-state index contributed by atoms with van der Waals surface area (Å²) in [4.78, 5) is 2.21. The number of hydrogen-bond acceptors (Lipinski definition) is 1. The van der Waals surface area contributed by atoms with E-state index in [0.717, 1.165) is 31.4 Å². The highest BCUT2D eigenvalue weighted by molar-refractivity contribution is 5.51. The van der Waals surface area contributed by atoms with E-state index in [0.29, 0.717) is 11.8 Å². The van der Waals surface area contributed by atoms with Crippen LogP contribution in [0.4, 0.5) is 0 Å². The Morgan fingerprint density at radius 1 is 1.23 bits per heavy atom. The van der Waals surface area contributed by atoms with Crippen LogP contribution >= 0.6 is 0 Å². The van der Waals surface area contributed by atoms with Crippen LogP contribution in [-0.2, 0) is 0 Å². The van der Waals surface area contributed by atoms with Crippen LogP contribution in [0.2, 0.25) is 0 Å². The van der Waals surface area contributed by atoms with Gasteiger partial charge in [0.05, 0.1) is 0 Å². The molecule has 1 heteroatoms. The molecule has 0 saturated carbocycles. The molecule has 0 N–H and O–H groups in total. The molecular formula is C25H39N. The molecular weight excluding hydrogens is 314 g/mol. The molecule has 0 aliphatic heterocycles. The van der Waals surface area contributed by atoms with E-state index in [1.54, 1.807) is 0 Å². The minimum absolute atomic E-state index is 0.426. The average Bonchev–Trinajstić information content (AvgIpc) is 2.64. The van der Waals surface area contributed by atoms with Crippen molar-refractivity contribution in [2.75, 3.05) is 13.6 Å². The molecule has 0 rings (SSSR count). The maximum atomic E-state index is 5.44. The second kappa shape index (κ2) is 13.3. The second-order valence-electron chi connectivity index (χ2n) is 7.22. The first-order chi connectivity index (χ1) is 12.3. The zero-order valence-electron chi connectivity index (χ0n) is 18.1. The van der Waals surface area contributed by atoms with Crippen LogP contribution in [0.5, 0.6) is 0 Å². The van der Waals surface area contributed by atoms with E-state index in [4.69, 9.17) is 6.42 Å². The topological polar surface area (TPSA) is 3.24 Å². The lowest BCUT2D eigenvalue weighted by Gasteiger charge is -2.20. The van der Waals surface area contributed by atoms with Crippen molar-refractivity contribution in [3.05, 3.63) is 59.4 Å². The predicted molar refractivity (Wildman–Crippen MR) is 119 cm³/mol. The highest BCUT2D eigenvalue weighted by atomic mass is 15.1. The number of allylic oxidation sites excluding steroid dienone is 8. The maximum absolute atomic E-state index is 5.44. The zero-order valence-corrected chi connectivity index (χ0v) is 18.1. The van der Waals surface area contributed by atoms with Gasteiger partial charge in [-0.3, -0.25) is 0 Å². The van der Waals surface area contributed by atoms with E-state index in [1.165, 1.54) is 16.7 Å². The van der Waals surface area contributed by atoms with Crippen molar-refractivity contribution < 1.29 is 0 Å². The molecule has 0 heterocycles. The summed E-state index contributed by atoms with van der Waals surface area (Å²) >= 11 is 0. The van der Waals surface area contributed by atoms with Gasteiger partial charge in [-0.25, -0.2) is 0 Å². The standard InChI is InChI=1S/C25H39N/c1-10-21(7)17-18-23(11-2)15-14-16-24(12-3)25(19-26(9)13-4)22(8)20(5)6/h1,12,14,16-17,19-20,23H,8,11,13,15,18H2,2-7,9H3/b16-14-,21-17+,24-12+,25-19+. The summed E-state index contributed by atoms with van der Waals surface area (Å²) in [5.74, 6) is 3.76. The van der Waals surface area contributed by atoms with Crippen LogP contribution in [0.1, 0.15) is 60.8 Å². The molecule has 0 saturated heterocycles. The first kappa shape index (κ1) is 24.1. The SMILES string of the molecule is C#C/C(C)=C/CC(CC)C\C=C/C(=C\C)C(=C/N(C)CC)/C(=C)C(C)C. The van der Waals surface area contributed by atoms with E-state index < -0.39 is 0 Å². The van der Waals surface area contributed by atoms with Crippen LogP contribution in [0.3, 0.4) is 0 Å². The molecule has 1 nitrogen and oxygen atoms in total. The molecule has 0 spiro atoms. The molecule has 26 heavy (non-hydrogen) atoms. The van der Waals surface area contributed by atoms with Gasteiger partial charge in [-0.1, -0.05) is 64.0 Å². The molecule has 0 aliphatic carbocycles. The van der Waals surface area contributed by atoms with Crippen molar-refractivity contribution in [1.29, 1.82) is 0 Å². The molecule has 0 bridgehead atoms. The fourth-order valence-electron chi connectivity index (χ4n) is 2.53. The fraction of sp³-hybridized carbons (Fsp3) is 0.520. The normalized spacial score (nSPS) is 14.7. The Balaban J connectivity index is 5.29. The van der Waals surface area contributed by atoms with Crippen molar-refractivity contribution >= 4 is 0 Å². The smallest absolute Gasteiger partial charge is 0.0141 e. The molecule has 1 atom stereocenters. The largest absolute Gasteiger partial charge is 0.380 e. The first-order valence-corrected chi connectivity index (χ1v) is 9.88. The Hall–Kier alpha value is -1.94. The Morgan fingerprint density at radius 2 is 1.88 bits per heavy atom. The summed E-state index contributed by atoms with van der Waals surface area (Å²) in [5.41, 5.74) is 4.69. The molecule has 0 aliphatic rings. The van der Waals surface area contributed by atoms with Gasteiger partial charge in [0, 0.05) is 25.4 Å². The van der Waals surface area contributed by atoms with Crippen LogP contribution in [0, 0.1) is 24.2 Å². The van der Waals surface area contributed by atoms with Crippen molar-refractivity contribution in [3.63, 3.8) is 0 Å². The minimum atomic E-state index is 0.426. The summed E-state index contributed by atoms with van der Waals surface area (Å²) in [6.07, 6.45) is 19.8. The van der Waals surface area contributed by atoms with Gasteiger partial charge < -0.3 is 4.90 Å². The highest BCUT2D eigenvalue weighted by Crippen LogP contribution is 2.26. The van der Waals surface area contributed by atoms with Gasteiger partial charge in [0.2, 0.25) is 0 Å².